The van der Waals surface area contributed by atoms with E-state index in [1.165, 1.54) is 12.1 Å². The monoisotopic (exact) mass is 631 g/mol. The Morgan fingerprint density at radius 1 is 1.29 bits per heavy atom. The lowest BCUT2D eigenvalue weighted by Crippen LogP contribution is -2.76. The largest absolute Gasteiger partial charge is 0.463 e. The highest BCUT2D eigenvalue weighted by atomic mass is 16.6. The molecule has 0 spiro atoms. The van der Waals surface area contributed by atoms with Crippen LogP contribution in [0.5, 0.6) is 0 Å². The molecule has 0 radical (unpaired) electrons. The van der Waals surface area contributed by atoms with Crippen LogP contribution in [0.3, 0.4) is 0 Å². The van der Waals surface area contributed by atoms with Crippen LogP contribution in [0.2, 0.25) is 0 Å². The summed E-state index contributed by atoms with van der Waals surface area (Å²) in [5.74, 6) is -1.86. The Hall–Kier alpha value is -3.64. The van der Waals surface area contributed by atoms with Crippen molar-refractivity contribution >= 4 is 30.0 Å². The summed E-state index contributed by atoms with van der Waals surface area (Å²) in [6.07, 6.45) is 2.20. The van der Waals surface area contributed by atoms with Crippen molar-refractivity contribution in [2.24, 2.45) is 28.3 Å². The lowest BCUT2D eigenvalue weighted by Gasteiger charge is -2.25. The van der Waals surface area contributed by atoms with Gasteiger partial charge in [0.15, 0.2) is 18.0 Å². The number of hydrogen-bond acceptors (Lipinski definition) is 10. The van der Waals surface area contributed by atoms with Crippen molar-refractivity contribution in [3.63, 3.8) is 0 Å². The molecule has 7 N–H and O–H groups in total. The zero-order valence-corrected chi connectivity index (χ0v) is 26.7. The molecule has 0 unspecified atom stereocenters. The molecule has 1 saturated heterocycles. The molecular formula is C31H47N6O8+. The minimum absolute atomic E-state index is 0.0150. The molecule has 2 aliphatic rings. The van der Waals surface area contributed by atoms with Crippen LogP contribution in [0.4, 0.5) is 0 Å². The van der Waals surface area contributed by atoms with Crippen molar-refractivity contribution in [2.45, 2.75) is 109 Å². The summed E-state index contributed by atoms with van der Waals surface area (Å²) in [5.41, 5.74) is 8.56. The first kappa shape index (κ1) is 35.8. The van der Waals surface area contributed by atoms with Crippen molar-refractivity contribution in [3.8, 4) is 6.07 Å². The van der Waals surface area contributed by atoms with E-state index in [1.54, 1.807) is 34.6 Å². The van der Waals surface area contributed by atoms with Crippen LogP contribution in [0.25, 0.3) is 0 Å². The number of carbonyl (C=O) groups is 3. The quantitative estimate of drug-likeness (QED) is 0.118. The molecule has 248 valence electrons. The van der Waals surface area contributed by atoms with Gasteiger partial charge >= 0.3 is 17.8 Å². The molecule has 1 aromatic heterocycles. The van der Waals surface area contributed by atoms with Gasteiger partial charge in [-0.05, 0) is 57.6 Å². The molecule has 1 aliphatic heterocycles. The number of nitrogens with two attached hydrogens (primary N) is 2. The van der Waals surface area contributed by atoms with Gasteiger partial charge < -0.3 is 40.5 Å². The number of aromatic amines is 1. The van der Waals surface area contributed by atoms with Crippen LogP contribution < -0.4 is 16.5 Å². The normalized spacial score (nSPS) is 25.3. The molecule has 3 rings (SSSR count). The average Bonchev–Trinajstić information content (AvgIpc) is 3.60. The molecule has 1 amide bonds. The third kappa shape index (κ3) is 8.55. The Labute approximate surface area is 263 Å². The van der Waals surface area contributed by atoms with E-state index in [2.05, 4.69) is 15.0 Å². The van der Waals surface area contributed by atoms with Crippen LogP contribution >= 0.6 is 0 Å². The minimum atomic E-state index is -2.09. The molecular weight excluding hydrogens is 584 g/mol. The third-order valence-corrected chi connectivity index (χ3v) is 8.22. The van der Waals surface area contributed by atoms with E-state index in [-0.39, 0.29) is 48.7 Å². The molecule has 0 aromatic carbocycles. The summed E-state index contributed by atoms with van der Waals surface area (Å²) >= 11 is 0. The maximum absolute atomic E-state index is 12.9. The van der Waals surface area contributed by atoms with E-state index in [4.69, 9.17) is 30.4 Å². The number of H-pyrrole nitrogens is 1. The van der Waals surface area contributed by atoms with Crippen molar-refractivity contribution in [3.05, 3.63) is 23.5 Å². The highest BCUT2D eigenvalue weighted by molar-refractivity contribution is 6.01. The standard InChI is InChI=1S/C31H46N6O8/c1-6-43-30(4,5)29(41)37-27(35-17-33)20-12-13-22(36-20)31(16-32)26(39)25(44-28(40)24(34)18(2)3)21(45-31)15-42-23(38)14-19-10-8-7-9-11-19/h12-13,17-19,21,24-26,36,39H,6-11,14-15,34H2,1-5H3,(H2,33,35,37,41)/p+1/t21-,24+,25-,26-,31+/m1/s1. The Morgan fingerprint density at radius 2 is 1.98 bits per heavy atom. The smallest absolute Gasteiger partial charge is 0.347 e. The molecule has 1 saturated carbocycles. The summed E-state index contributed by atoms with van der Waals surface area (Å²) in [6.45, 7) is 8.31. The number of aliphatic hydroxyl groups excluding tert-OH is 1. The van der Waals surface area contributed by atoms with Gasteiger partial charge in [-0.15, -0.1) is 0 Å². The number of nitrogens with zero attached hydrogens (tertiary/aromatic N) is 2. The van der Waals surface area contributed by atoms with Gasteiger partial charge in [-0.1, -0.05) is 38.1 Å². The SMILES string of the molecule is CCOC(C)(C)C(=O)N=C([NH+]=CN)c1ccc([C@]2(C#N)O[C@H](COC(=O)CC3CCCCC3)[C@@H](OC(=O)[C@@H](N)C(C)C)[C@H]2O)[nH]1. The summed E-state index contributed by atoms with van der Waals surface area (Å²) < 4.78 is 22.7. The predicted octanol–water partition coefficient (Wildman–Crippen LogP) is 0.0579. The van der Waals surface area contributed by atoms with Crippen LogP contribution in [0.1, 0.15) is 84.5 Å². The molecule has 14 heteroatoms. The second-order valence-electron chi connectivity index (χ2n) is 12.3. The predicted molar refractivity (Wildman–Crippen MR) is 162 cm³/mol. The Balaban J connectivity index is 1.91. The van der Waals surface area contributed by atoms with Gasteiger partial charge in [0, 0.05) is 13.0 Å². The number of nitrogens with one attached hydrogen (secondary N) is 2. The van der Waals surface area contributed by atoms with E-state index in [1.807, 2.05) is 6.07 Å². The van der Waals surface area contributed by atoms with Crippen LogP contribution in [0.15, 0.2) is 17.1 Å². The second kappa shape index (κ2) is 15.6. The van der Waals surface area contributed by atoms with Gasteiger partial charge in [0.25, 0.3) is 5.84 Å². The van der Waals surface area contributed by atoms with E-state index >= 15 is 0 Å². The van der Waals surface area contributed by atoms with Crippen LogP contribution in [0, 0.1) is 23.2 Å². The number of esters is 2. The number of hydrogen-bond donors (Lipinski definition) is 5. The van der Waals surface area contributed by atoms with E-state index in [9.17, 15) is 24.8 Å². The number of rotatable bonds is 12. The van der Waals surface area contributed by atoms with E-state index < -0.39 is 53.4 Å². The van der Waals surface area contributed by atoms with Crippen molar-refractivity contribution < 1.29 is 43.4 Å². The van der Waals surface area contributed by atoms with Crippen molar-refractivity contribution in [1.82, 2.24) is 4.98 Å². The first-order valence-corrected chi connectivity index (χ1v) is 15.4. The number of ether oxygens (including phenoxy) is 4. The highest BCUT2D eigenvalue weighted by Crippen LogP contribution is 2.41. The zero-order chi connectivity index (χ0) is 33.4. The Kier molecular flexibility index (Phi) is 12.4. The van der Waals surface area contributed by atoms with Crippen LogP contribution in [-0.4, -0.2) is 83.3 Å². The zero-order valence-electron chi connectivity index (χ0n) is 26.7. The highest BCUT2D eigenvalue weighted by Gasteiger charge is 2.59. The van der Waals surface area contributed by atoms with Gasteiger partial charge in [0.2, 0.25) is 5.60 Å². The number of carbonyl (C=O) groups excluding carboxylic acids is 3. The third-order valence-electron chi connectivity index (χ3n) is 8.22. The molecule has 1 aliphatic carbocycles. The van der Waals surface area contributed by atoms with Gasteiger partial charge in [-0.25, -0.2) is 9.79 Å². The molecule has 2 fully saturated rings. The summed E-state index contributed by atoms with van der Waals surface area (Å²) in [4.78, 5) is 48.2. The summed E-state index contributed by atoms with van der Waals surface area (Å²) in [5, 5.41) is 21.9. The van der Waals surface area contributed by atoms with Gasteiger partial charge in [-0.2, -0.15) is 5.26 Å². The fourth-order valence-corrected chi connectivity index (χ4v) is 5.46. The lowest BCUT2D eigenvalue weighted by molar-refractivity contribution is -0.309. The molecule has 1 aromatic rings. The van der Waals surface area contributed by atoms with Crippen molar-refractivity contribution in [2.75, 3.05) is 13.2 Å². The average molecular weight is 632 g/mol. The number of amidine groups is 1. The fourth-order valence-electron chi connectivity index (χ4n) is 5.46. The maximum atomic E-state index is 12.9. The van der Waals surface area contributed by atoms with Gasteiger partial charge in [0.1, 0.15) is 36.6 Å². The lowest BCUT2D eigenvalue weighted by atomic mass is 9.87. The minimum Gasteiger partial charge on any atom is -0.463 e. The number of aliphatic hydroxyl groups is 1. The summed E-state index contributed by atoms with van der Waals surface area (Å²) in [7, 11) is 0. The Bertz CT molecular complexity index is 1300. The first-order valence-electron chi connectivity index (χ1n) is 15.4. The van der Waals surface area contributed by atoms with Crippen LogP contribution in [-0.2, 0) is 38.9 Å². The molecule has 14 nitrogen and oxygen atoms in total. The number of nitriles is 1. The van der Waals surface area contributed by atoms with E-state index in [0.717, 1.165) is 38.4 Å². The van der Waals surface area contributed by atoms with Gasteiger partial charge in [-0.3, -0.25) is 9.59 Å². The van der Waals surface area contributed by atoms with E-state index in [0.29, 0.717) is 0 Å². The van der Waals surface area contributed by atoms with Crippen molar-refractivity contribution in [1.29, 1.82) is 5.26 Å². The number of aliphatic imine (C=N–C) groups is 1. The Morgan fingerprint density at radius 3 is 2.58 bits per heavy atom. The number of aromatic nitrogens is 1. The summed E-state index contributed by atoms with van der Waals surface area (Å²) in [6, 6.07) is 3.97. The maximum Gasteiger partial charge on any atom is 0.347 e. The topological polar surface area (TPSA) is 226 Å². The number of amides is 1. The molecule has 0 bridgehead atoms. The molecule has 2 heterocycles. The fraction of sp³-hybridized carbons (Fsp3) is 0.677. The molecule has 45 heavy (non-hydrogen) atoms. The molecule has 5 atom stereocenters. The van der Waals surface area contributed by atoms with Gasteiger partial charge in [0.05, 0.1) is 5.69 Å². The second-order valence-corrected chi connectivity index (χ2v) is 12.3. The first-order chi connectivity index (χ1) is 21.3.